The highest BCUT2D eigenvalue weighted by Gasteiger charge is 2.23. The van der Waals surface area contributed by atoms with E-state index in [9.17, 15) is 0 Å². The van der Waals surface area contributed by atoms with Gasteiger partial charge in [0.1, 0.15) is 0 Å². The van der Waals surface area contributed by atoms with Crippen molar-refractivity contribution in [1.82, 2.24) is 39.2 Å². The third kappa shape index (κ3) is 12.5. The van der Waals surface area contributed by atoms with Gasteiger partial charge in [-0.05, 0) is 99.8 Å². The molecule has 4 heterocycles. The van der Waals surface area contributed by atoms with Crippen molar-refractivity contribution in [2.45, 2.75) is 26.2 Å². The van der Waals surface area contributed by atoms with Crippen LogP contribution in [-0.2, 0) is 26.2 Å². The summed E-state index contributed by atoms with van der Waals surface area (Å²) in [7, 11) is 7.92. The monoisotopic (exact) mass is 847 g/mol. The Kier molecular flexibility index (Phi) is 15.9. The molecule has 322 valence electrons. The van der Waals surface area contributed by atoms with E-state index in [1.165, 1.54) is 55.8 Å². The van der Waals surface area contributed by atoms with Crippen LogP contribution in [0.1, 0.15) is 22.3 Å². The van der Waals surface area contributed by atoms with E-state index in [0.29, 0.717) is 0 Å². The Bertz CT molecular complexity index is 1590. The number of rotatable bonds is 15. The molecule has 4 aromatic rings. The molecule has 4 aliphatic rings. The molecule has 8 nitrogen and oxygen atoms in total. The van der Waals surface area contributed by atoms with Crippen molar-refractivity contribution in [3.05, 3.63) is 119 Å². The molecule has 4 saturated heterocycles. The Morgan fingerprint density at radius 1 is 0.283 bits per heavy atom. The van der Waals surface area contributed by atoms with E-state index in [0.717, 1.165) is 131 Å². The fourth-order valence-corrected chi connectivity index (χ4v) is 14.5. The molecule has 0 unspecified atom stereocenters. The Hall–Kier alpha value is -2.58. The second-order valence-corrected chi connectivity index (χ2v) is 23.0. The average molecular weight is 847 g/mol. The zero-order valence-corrected chi connectivity index (χ0v) is 39.1. The van der Waals surface area contributed by atoms with Crippen LogP contribution in [0.15, 0.2) is 97.1 Å². The lowest BCUT2D eigenvalue weighted by atomic mass is 10.2. The summed E-state index contributed by atoms with van der Waals surface area (Å²) in [6.07, 6.45) is 2.37. The molecule has 0 radical (unpaired) electrons. The van der Waals surface area contributed by atoms with Crippen molar-refractivity contribution in [1.29, 1.82) is 0 Å². The quantitative estimate of drug-likeness (QED) is 0.164. The number of nitrogens with zero attached hydrogens (tertiary/aromatic N) is 8. The highest BCUT2D eigenvalue weighted by molar-refractivity contribution is 7.76. The standard InChI is InChI=1S/C50H72N8P2/c1-51-21-29-55(30-22-51)39-43-5-13-47(14-6-43)59(48-15-7-44(8-16-48)40-56-31-23-52(2)24-32-56)37-38-60(49-17-9-45(10-18-49)41-57-33-25-53(3)26-34-57)50-19-11-46(12-20-50)42-58-35-27-54(4)28-36-58/h5-20H,21-42H2,1-4H3. The van der Waals surface area contributed by atoms with Crippen LogP contribution in [-0.4, -0.2) is 184 Å². The van der Waals surface area contributed by atoms with Crippen LogP contribution in [0.2, 0.25) is 0 Å². The van der Waals surface area contributed by atoms with Crippen LogP contribution in [0.4, 0.5) is 0 Å². The summed E-state index contributed by atoms with van der Waals surface area (Å²) < 4.78 is 0. The third-order valence-corrected chi connectivity index (χ3v) is 18.9. The number of likely N-dealkylation sites (N-methyl/N-ethyl adjacent to an activating group) is 4. The molecule has 0 aromatic heterocycles. The van der Waals surface area contributed by atoms with E-state index >= 15 is 0 Å². The van der Waals surface area contributed by atoms with Gasteiger partial charge in [0.25, 0.3) is 0 Å². The first-order valence-corrected chi connectivity index (χ1v) is 25.9. The molecular weight excluding hydrogens is 775 g/mol. The van der Waals surface area contributed by atoms with Crippen molar-refractivity contribution in [2.75, 3.05) is 145 Å². The topological polar surface area (TPSA) is 25.9 Å². The summed E-state index contributed by atoms with van der Waals surface area (Å²) in [5, 5.41) is 6.05. The van der Waals surface area contributed by atoms with Crippen LogP contribution in [0.5, 0.6) is 0 Å². The first-order valence-electron chi connectivity index (χ1n) is 22.8. The van der Waals surface area contributed by atoms with Gasteiger partial charge < -0.3 is 19.6 Å². The number of piperazine rings is 4. The van der Waals surface area contributed by atoms with E-state index in [4.69, 9.17) is 0 Å². The lowest BCUT2D eigenvalue weighted by Crippen LogP contribution is -2.43. The number of hydrogen-bond acceptors (Lipinski definition) is 8. The zero-order valence-electron chi connectivity index (χ0n) is 37.3. The summed E-state index contributed by atoms with van der Waals surface area (Å²) in [6, 6.07) is 39.4. The molecule has 0 aliphatic carbocycles. The Morgan fingerprint density at radius 2 is 0.467 bits per heavy atom. The maximum atomic E-state index is 2.62. The van der Waals surface area contributed by atoms with Crippen LogP contribution >= 0.6 is 15.8 Å². The minimum absolute atomic E-state index is 0.529. The Balaban J connectivity index is 1.03. The third-order valence-electron chi connectivity index (χ3n) is 13.5. The van der Waals surface area contributed by atoms with Crippen molar-refractivity contribution in [3.63, 3.8) is 0 Å². The molecule has 0 N–H and O–H groups in total. The second kappa shape index (κ2) is 21.7. The van der Waals surface area contributed by atoms with Crippen molar-refractivity contribution in [2.24, 2.45) is 0 Å². The number of hydrogen-bond donors (Lipinski definition) is 0. The average Bonchev–Trinajstić information content (AvgIpc) is 3.27. The zero-order chi connectivity index (χ0) is 41.3. The van der Waals surface area contributed by atoms with Gasteiger partial charge in [-0.3, -0.25) is 19.6 Å². The van der Waals surface area contributed by atoms with E-state index < -0.39 is 15.8 Å². The molecule has 60 heavy (non-hydrogen) atoms. The second-order valence-electron chi connectivity index (χ2n) is 18.3. The molecule has 4 fully saturated rings. The van der Waals surface area contributed by atoms with Gasteiger partial charge >= 0.3 is 0 Å². The largest absolute Gasteiger partial charge is 0.304 e. The molecule has 0 spiro atoms. The minimum Gasteiger partial charge on any atom is -0.304 e. The van der Waals surface area contributed by atoms with Gasteiger partial charge in [-0.1, -0.05) is 97.1 Å². The predicted octanol–water partition coefficient (Wildman–Crippen LogP) is 4.24. The maximum Gasteiger partial charge on any atom is 0.0234 e. The SMILES string of the molecule is CN1CCN(Cc2ccc(P(CCP(c3ccc(CN4CCN(C)CC4)cc3)c3ccc(CN4CCN(C)CC4)cc3)c3ccc(CN4CCN(C)CC4)cc3)cc2)CC1. The molecule has 0 atom stereocenters. The summed E-state index contributed by atoms with van der Waals surface area (Å²) in [5.41, 5.74) is 5.76. The van der Waals surface area contributed by atoms with Crippen LogP contribution < -0.4 is 21.2 Å². The fraction of sp³-hybridized carbons (Fsp3) is 0.520. The van der Waals surface area contributed by atoms with Gasteiger partial charge in [-0.15, -0.1) is 0 Å². The van der Waals surface area contributed by atoms with Crippen LogP contribution in [0.25, 0.3) is 0 Å². The first kappa shape index (κ1) is 44.0. The van der Waals surface area contributed by atoms with Gasteiger partial charge in [-0.2, -0.15) is 0 Å². The molecular formula is C50H72N8P2. The Labute approximate surface area is 365 Å². The van der Waals surface area contributed by atoms with E-state index in [1.54, 1.807) is 0 Å². The van der Waals surface area contributed by atoms with Crippen molar-refractivity contribution >= 4 is 37.1 Å². The first-order chi connectivity index (χ1) is 29.3. The summed E-state index contributed by atoms with van der Waals surface area (Å²) >= 11 is 0. The summed E-state index contributed by atoms with van der Waals surface area (Å²) in [4.78, 5) is 20.3. The van der Waals surface area contributed by atoms with Crippen molar-refractivity contribution in [3.8, 4) is 0 Å². The molecule has 0 saturated carbocycles. The maximum absolute atomic E-state index is 2.62. The molecule has 0 amide bonds. The lowest BCUT2D eigenvalue weighted by molar-refractivity contribution is 0.148. The summed E-state index contributed by atoms with van der Waals surface area (Å²) in [6.45, 7) is 22.7. The van der Waals surface area contributed by atoms with E-state index in [2.05, 4.69) is 164 Å². The molecule has 4 aromatic carbocycles. The van der Waals surface area contributed by atoms with Gasteiger partial charge in [0.05, 0.1) is 0 Å². The predicted molar refractivity (Wildman–Crippen MR) is 259 cm³/mol. The van der Waals surface area contributed by atoms with Gasteiger partial charge in [0, 0.05) is 131 Å². The summed E-state index contributed by atoms with van der Waals surface area (Å²) in [5.74, 6) is 0. The molecule has 0 bridgehead atoms. The molecule has 4 aliphatic heterocycles. The highest BCUT2D eigenvalue weighted by atomic mass is 31.1. The van der Waals surface area contributed by atoms with Gasteiger partial charge in [0.2, 0.25) is 0 Å². The lowest BCUT2D eigenvalue weighted by Gasteiger charge is -2.32. The Morgan fingerprint density at radius 3 is 0.650 bits per heavy atom. The molecule has 10 heteroatoms. The van der Waals surface area contributed by atoms with Crippen molar-refractivity contribution < 1.29 is 0 Å². The van der Waals surface area contributed by atoms with E-state index in [-0.39, 0.29) is 0 Å². The number of benzene rings is 4. The highest BCUT2D eigenvalue weighted by Crippen LogP contribution is 2.41. The normalized spacial score (nSPS) is 20.4. The van der Waals surface area contributed by atoms with Crippen LogP contribution in [0.3, 0.4) is 0 Å². The van der Waals surface area contributed by atoms with Gasteiger partial charge in [-0.25, -0.2) is 0 Å². The van der Waals surface area contributed by atoms with Crippen LogP contribution in [0, 0.1) is 0 Å². The molecule has 8 rings (SSSR count). The minimum atomic E-state index is -0.529. The fourth-order valence-electron chi connectivity index (χ4n) is 9.20. The smallest absolute Gasteiger partial charge is 0.0234 e. The van der Waals surface area contributed by atoms with Gasteiger partial charge in [0.15, 0.2) is 0 Å². The van der Waals surface area contributed by atoms with E-state index in [1.807, 2.05) is 0 Å².